The second-order valence-corrected chi connectivity index (χ2v) is 5.73. The first-order valence-electron chi connectivity index (χ1n) is 8.06. The van der Waals surface area contributed by atoms with Crippen LogP contribution >= 0.6 is 0 Å². The van der Waals surface area contributed by atoms with Gasteiger partial charge in [-0.15, -0.1) is 0 Å². The molecule has 2 aromatic rings. The Morgan fingerprint density at radius 3 is 2.68 bits per heavy atom. The SMILES string of the molecule is CCOc1noc(C2CNCC(c3ccc(CC)cc3)C2)n1. The normalized spacial score (nSPS) is 21.7. The maximum Gasteiger partial charge on any atom is 0.354 e. The molecule has 0 spiro atoms. The predicted octanol–water partition coefficient (Wildman–Crippen LogP) is 2.89. The monoisotopic (exact) mass is 301 g/mol. The third-order valence-electron chi connectivity index (χ3n) is 4.26. The molecular weight excluding hydrogens is 278 g/mol. The van der Waals surface area contributed by atoms with E-state index in [0.29, 0.717) is 24.4 Å². The van der Waals surface area contributed by atoms with E-state index in [4.69, 9.17) is 9.26 Å². The summed E-state index contributed by atoms with van der Waals surface area (Å²) in [6.45, 7) is 6.51. The highest BCUT2D eigenvalue weighted by Gasteiger charge is 2.28. The van der Waals surface area contributed by atoms with E-state index < -0.39 is 0 Å². The maximum atomic E-state index is 5.35. The van der Waals surface area contributed by atoms with Crippen molar-refractivity contribution in [3.63, 3.8) is 0 Å². The van der Waals surface area contributed by atoms with E-state index in [-0.39, 0.29) is 5.92 Å². The van der Waals surface area contributed by atoms with Crippen LogP contribution in [0, 0.1) is 0 Å². The standard InChI is InChI=1S/C17H23N3O2/c1-3-12-5-7-13(8-6-12)14-9-15(11-18-10-14)16-19-17(20-22-16)21-4-2/h5-8,14-15,18H,3-4,9-11H2,1-2H3. The Morgan fingerprint density at radius 1 is 1.18 bits per heavy atom. The van der Waals surface area contributed by atoms with Crippen LogP contribution in [-0.4, -0.2) is 29.8 Å². The molecule has 0 radical (unpaired) electrons. The summed E-state index contributed by atoms with van der Waals surface area (Å²) in [5.74, 6) is 1.39. The highest BCUT2D eigenvalue weighted by Crippen LogP contribution is 2.32. The summed E-state index contributed by atoms with van der Waals surface area (Å²) in [5.41, 5.74) is 2.75. The Kier molecular flexibility index (Phi) is 4.73. The van der Waals surface area contributed by atoms with Crippen molar-refractivity contribution in [3.8, 4) is 6.01 Å². The Bertz CT molecular complexity index is 594. The number of hydrogen-bond donors (Lipinski definition) is 1. The molecule has 3 rings (SSSR count). The third-order valence-corrected chi connectivity index (χ3v) is 4.26. The number of aryl methyl sites for hydroxylation is 1. The molecule has 22 heavy (non-hydrogen) atoms. The van der Waals surface area contributed by atoms with E-state index in [1.54, 1.807) is 0 Å². The number of hydrogen-bond acceptors (Lipinski definition) is 5. The van der Waals surface area contributed by atoms with Crippen LogP contribution in [0.2, 0.25) is 0 Å². The molecule has 1 saturated heterocycles. The number of benzene rings is 1. The number of piperidine rings is 1. The van der Waals surface area contributed by atoms with Crippen LogP contribution in [0.4, 0.5) is 0 Å². The molecular formula is C17H23N3O2. The molecule has 0 saturated carbocycles. The second kappa shape index (κ2) is 6.92. The lowest BCUT2D eigenvalue weighted by Crippen LogP contribution is -2.34. The van der Waals surface area contributed by atoms with Gasteiger partial charge in [0.2, 0.25) is 5.89 Å². The van der Waals surface area contributed by atoms with Gasteiger partial charge in [0.1, 0.15) is 0 Å². The lowest BCUT2D eigenvalue weighted by atomic mass is 9.85. The number of aromatic nitrogens is 2. The molecule has 0 amide bonds. The van der Waals surface area contributed by atoms with Gasteiger partial charge in [0, 0.05) is 13.1 Å². The molecule has 118 valence electrons. The molecule has 1 aliphatic heterocycles. The fourth-order valence-electron chi connectivity index (χ4n) is 2.98. The van der Waals surface area contributed by atoms with Gasteiger partial charge in [0.15, 0.2) is 0 Å². The van der Waals surface area contributed by atoms with E-state index in [9.17, 15) is 0 Å². The molecule has 5 heteroatoms. The van der Waals surface area contributed by atoms with Crippen molar-refractivity contribution in [1.82, 2.24) is 15.5 Å². The molecule has 1 N–H and O–H groups in total. The smallest absolute Gasteiger partial charge is 0.354 e. The zero-order chi connectivity index (χ0) is 15.4. The van der Waals surface area contributed by atoms with E-state index >= 15 is 0 Å². The molecule has 5 nitrogen and oxygen atoms in total. The van der Waals surface area contributed by atoms with Crippen LogP contribution < -0.4 is 10.1 Å². The fraction of sp³-hybridized carbons (Fsp3) is 0.529. The highest BCUT2D eigenvalue weighted by atomic mass is 16.5. The lowest BCUT2D eigenvalue weighted by Gasteiger charge is -2.28. The van der Waals surface area contributed by atoms with Crippen LogP contribution in [0.15, 0.2) is 28.8 Å². The summed E-state index contributed by atoms with van der Waals surface area (Å²) in [4.78, 5) is 4.34. The molecule has 1 fully saturated rings. The van der Waals surface area contributed by atoms with Crippen LogP contribution in [0.25, 0.3) is 0 Å². The molecule has 2 unspecified atom stereocenters. The van der Waals surface area contributed by atoms with E-state index in [1.165, 1.54) is 11.1 Å². The fourth-order valence-corrected chi connectivity index (χ4v) is 2.98. The third kappa shape index (κ3) is 3.30. The van der Waals surface area contributed by atoms with E-state index in [2.05, 4.69) is 46.6 Å². The van der Waals surface area contributed by atoms with Gasteiger partial charge in [-0.3, -0.25) is 0 Å². The molecule has 2 atom stereocenters. The van der Waals surface area contributed by atoms with Crippen molar-refractivity contribution in [3.05, 3.63) is 41.3 Å². The van der Waals surface area contributed by atoms with E-state index in [0.717, 1.165) is 25.9 Å². The maximum absolute atomic E-state index is 5.35. The molecule has 2 heterocycles. The minimum absolute atomic E-state index is 0.242. The molecule has 1 aliphatic rings. The first-order chi connectivity index (χ1) is 10.8. The van der Waals surface area contributed by atoms with Crippen LogP contribution in [0.1, 0.15) is 49.1 Å². The minimum atomic E-state index is 0.242. The summed E-state index contributed by atoms with van der Waals surface area (Å²) in [6.07, 6.45) is 2.10. The zero-order valence-corrected chi connectivity index (χ0v) is 13.2. The van der Waals surface area contributed by atoms with Crippen LogP contribution in [0.3, 0.4) is 0 Å². The molecule has 1 aromatic carbocycles. The Labute approximate surface area is 131 Å². The summed E-state index contributed by atoms with van der Waals surface area (Å²) in [7, 11) is 0. The Balaban J connectivity index is 1.69. The summed E-state index contributed by atoms with van der Waals surface area (Å²) < 4.78 is 10.6. The molecule has 0 aliphatic carbocycles. The number of nitrogens with one attached hydrogen (secondary N) is 1. The molecule has 1 aromatic heterocycles. The molecule has 0 bridgehead atoms. The topological polar surface area (TPSA) is 60.2 Å². The van der Waals surface area contributed by atoms with Gasteiger partial charge < -0.3 is 14.6 Å². The van der Waals surface area contributed by atoms with Crippen molar-refractivity contribution in [2.24, 2.45) is 0 Å². The Hall–Kier alpha value is -1.88. The number of rotatable bonds is 5. The van der Waals surface area contributed by atoms with Crippen LogP contribution in [0.5, 0.6) is 6.01 Å². The minimum Gasteiger partial charge on any atom is -0.462 e. The predicted molar refractivity (Wildman–Crippen MR) is 84.3 cm³/mol. The van der Waals surface area contributed by atoms with Gasteiger partial charge in [0.25, 0.3) is 0 Å². The largest absolute Gasteiger partial charge is 0.462 e. The van der Waals surface area contributed by atoms with Gasteiger partial charge in [-0.2, -0.15) is 4.98 Å². The van der Waals surface area contributed by atoms with E-state index in [1.807, 2.05) is 6.92 Å². The number of ether oxygens (including phenoxy) is 1. The highest BCUT2D eigenvalue weighted by molar-refractivity contribution is 5.26. The zero-order valence-electron chi connectivity index (χ0n) is 13.2. The average molecular weight is 301 g/mol. The van der Waals surface area contributed by atoms with Gasteiger partial charge >= 0.3 is 6.01 Å². The van der Waals surface area contributed by atoms with Crippen molar-refractivity contribution >= 4 is 0 Å². The van der Waals surface area contributed by atoms with Gasteiger partial charge in [-0.25, -0.2) is 0 Å². The summed E-state index contributed by atoms with van der Waals surface area (Å²) in [6, 6.07) is 9.27. The summed E-state index contributed by atoms with van der Waals surface area (Å²) >= 11 is 0. The number of nitrogens with zero attached hydrogens (tertiary/aromatic N) is 2. The van der Waals surface area contributed by atoms with Gasteiger partial charge in [-0.05, 0) is 42.0 Å². The Morgan fingerprint density at radius 2 is 1.95 bits per heavy atom. The van der Waals surface area contributed by atoms with Gasteiger partial charge in [0.05, 0.1) is 12.5 Å². The van der Waals surface area contributed by atoms with Crippen molar-refractivity contribution in [2.45, 2.75) is 38.5 Å². The van der Waals surface area contributed by atoms with Crippen molar-refractivity contribution in [1.29, 1.82) is 0 Å². The summed E-state index contributed by atoms with van der Waals surface area (Å²) in [5, 5.41) is 7.35. The van der Waals surface area contributed by atoms with Crippen molar-refractivity contribution in [2.75, 3.05) is 19.7 Å². The lowest BCUT2D eigenvalue weighted by molar-refractivity contribution is 0.276. The average Bonchev–Trinajstić information content (AvgIpc) is 3.04. The van der Waals surface area contributed by atoms with Gasteiger partial charge in [-0.1, -0.05) is 31.2 Å². The quantitative estimate of drug-likeness (QED) is 0.920. The van der Waals surface area contributed by atoms with Crippen molar-refractivity contribution < 1.29 is 9.26 Å². The first-order valence-corrected chi connectivity index (χ1v) is 8.06. The van der Waals surface area contributed by atoms with Crippen LogP contribution in [-0.2, 0) is 6.42 Å². The second-order valence-electron chi connectivity index (χ2n) is 5.73. The first kappa shape index (κ1) is 15.0.